The molecule has 0 amide bonds. The van der Waals surface area contributed by atoms with Crippen LogP contribution in [0, 0.1) is 6.92 Å². The van der Waals surface area contributed by atoms with E-state index in [1.165, 1.54) is 0 Å². The van der Waals surface area contributed by atoms with Crippen LogP contribution in [0.2, 0.25) is 0 Å². The summed E-state index contributed by atoms with van der Waals surface area (Å²) in [6.07, 6.45) is -2.51. The second-order valence-corrected chi connectivity index (χ2v) is 3.97. The third-order valence-corrected chi connectivity index (χ3v) is 2.52. The summed E-state index contributed by atoms with van der Waals surface area (Å²) in [7, 11) is 0. The van der Waals surface area contributed by atoms with Crippen LogP contribution in [0.15, 0.2) is 16.6 Å². The van der Waals surface area contributed by atoms with Gasteiger partial charge in [-0.05, 0) is 24.6 Å². The van der Waals surface area contributed by atoms with Gasteiger partial charge in [0.05, 0.1) is 5.52 Å². The minimum atomic E-state index is -2.51. The SMILES string of the molecule is Cc1cc(Br)cc2n[nH]c(C(F)F)c12. The van der Waals surface area contributed by atoms with Crippen molar-refractivity contribution in [2.45, 2.75) is 13.3 Å². The molecule has 5 heteroatoms. The first-order chi connectivity index (χ1) is 6.59. The Balaban J connectivity index is 2.79. The Labute approximate surface area is 87.4 Å². The maximum atomic E-state index is 12.5. The summed E-state index contributed by atoms with van der Waals surface area (Å²) in [5.41, 5.74) is 1.25. The number of fused-ring (bicyclic) bond motifs is 1. The second kappa shape index (κ2) is 3.31. The molecule has 0 spiro atoms. The summed E-state index contributed by atoms with van der Waals surface area (Å²) >= 11 is 3.29. The highest BCUT2D eigenvalue weighted by atomic mass is 79.9. The number of hydrogen-bond donors (Lipinski definition) is 1. The zero-order valence-corrected chi connectivity index (χ0v) is 8.90. The number of aromatic nitrogens is 2. The molecule has 2 nitrogen and oxygen atoms in total. The third-order valence-electron chi connectivity index (χ3n) is 2.06. The molecule has 1 heterocycles. The van der Waals surface area contributed by atoms with Crippen molar-refractivity contribution in [1.29, 1.82) is 0 Å². The Bertz CT molecular complexity index is 479. The Kier molecular flexibility index (Phi) is 2.26. The van der Waals surface area contributed by atoms with E-state index in [-0.39, 0.29) is 5.69 Å². The van der Waals surface area contributed by atoms with Crippen LogP contribution >= 0.6 is 15.9 Å². The fraction of sp³-hybridized carbons (Fsp3) is 0.222. The maximum absolute atomic E-state index is 12.5. The first-order valence-corrected chi connectivity index (χ1v) is 4.81. The monoisotopic (exact) mass is 260 g/mol. The summed E-state index contributed by atoms with van der Waals surface area (Å²) in [6, 6.07) is 3.51. The molecule has 1 N–H and O–H groups in total. The molecule has 14 heavy (non-hydrogen) atoms. The van der Waals surface area contributed by atoms with E-state index in [1.54, 1.807) is 19.1 Å². The molecule has 0 unspecified atom stereocenters. The molecule has 0 aliphatic carbocycles. The van der Waals surface area contributed by atoms with E-state index in [2.05, 4.69) is 26.1 Å². The lowest BCUT2D eigenvalue weighted by Gasteiger charge is -2.00. The first kappa shape index (κ1) is 9.58. The van der Waals surface area contributed by atoms with Gasteiger partial charge in [-0.1, -0.05) is 15.9 Å². The summed E-state index contributed by atoms with van der Waals surface area (Å²) in [5, 5.41) is 6.70. The number of aromatic amines is 1. The van der Waals surface area contributed by atoms with E-state index >= 15 is 0 Å². The number of aryl methyl sites for hydroxylation is 1. The number of hydrogen-bond acceptors (Lipinski definition) is 1. The predicted octanol–water partition coefficient (Wildman–Crippen LogP) is 3.57. The number of nitrogens with one attached hydrogen (secondary N) is 1. The largest absolute Gasteiger partial charge is 0.280 e. The van der Waals surface area contributed by atoms with Gasteiger partial charge in [-0.2, -0.15) is 5.10 Å². The van der Waals surface area contributed by atoms with Crippen molar-refractivity contribution in [2.75, 3.05) is 0 Å². The van der Waals surface area contributed by atoms with Crippen LogP contribution < -0.4 is 0 Å². The standard InChI is InChI=1S/C9H7BrF2N2/c1-4-2-5(10)3-6-7(4)8(9(11)12)14-13-6/h2-3,9H,1H3,(H,13,14). The van der Waals surface area contributed by atoms with E-state index in [4.69, 9.17) is 0 Å². The van der Waals surface area contributed by atoms with Gasteiger partial charge in [0.1, 0.15) is 5.69 Å². The molecule has 0 aliphatic heterocycles. The number of halogens is 3. The Morgan fingerprint density at radius 3 is 2.79 bits per heavy atom. The summed E-state index contributed by atoms with van der Waals surface area (Å²) in [5.74, 6) is 0. The van der Waals surface area contributed by atoms with Crippen LogP contribution in [-0.2, 0) is 0 Å². The minimum absolute atomic E-state index is 0.106. The van der Waals surface area contributed by atoms with Gasteiger partial charge in [-0.15, -0.1) is 0 Å². The lowest BCUT2D eigenvalue weighted by Crippen LogP contribution is -1.86. The molecule has 0 fully saturated rings. The Morgan fingerprint density at radius 1 is 1.43 bits per heavy atom. The number of alkyl halides is 2. The highest BCUT2D eigenvalue weighted by Crippen LogP contribution is 2.30. The van der Waals surface area contributed by atoms with Crippen molar-refractivity contribution in [2.24, 2.45) is 0 Å². The number of H-pyrrole nitrogens is 1. The Morgan fingerprint density at radius 2 is 2.14 bits per heavy atom. The lowest BCUT2D eigenvalue weighted by atomic mass is 10.1. The average Bonchev–Trinajstić information content (AvgIpc) is 2.47. The van der Waals surface area contributed by atoms with Crippen LogP contribution in [0.4, 0.5) is 8.78 Å². The van der Waals surface area contributed by atoms with E-state index in [9.17, 15) is 8.78 Å². The highest BCUT2D eigenvalue weighted by Gasteiger charge is 2.16. The lowest BCUT2D eigenvalue weighted by molar-refractivity contribution is 0.147. The molecule has 1 aromatic heterocycles. The molecular weight excluding hydrogens is 254 g/mol. The van der Waals surface area contributed by atoms with E-state index < -0.39 is 6.43 Å². The average molecular weight is 261 g/mol. The molecule has 74 valence electrons. The minimum Gasteiger partial charge on any atom is -0.276 e. The molecular formula is C9H7BrF2N2. The smallest absolute Gasteiger partial charge is 0.276 e. The Hall–Kier alpha value is -0.970. The van der Waals surface area contributed by atoms with Crippen molar-refractivity contribution in [1.82, 2.24) is 10.2 Å². The van der Waals surface area contributed by atoms with Crippen molar-refractivity contribution in [3.63, 3.8) is 0 Å². The number of rotatable bonds is 1. The molecule has 0 bridgehead atoms. The first-order valence-electron chi connectivity index (χ1n) is 4.02. The maximum Gasteiger partial charge on any atom is 0.280 e. The van der Waals surface area contributed by atoms with Gasteiger partial charge in [0.15, 0.2) is 0 Å². The quantitative estimate of drug-likeness (QED) is 0.835. The van der Waals surface area contributed by atoms with Crippen molar-refractivity contribution in [3.8, 4) is 0 Å². The van der Waals surface area contributed by atoms with Crippen LogP contribution in [0.5, 0.6) is 0 Å². The van der Waals surface area contributed by atoms with Gasteiger partial charge in [-0.3, -0.25) is 5.10 Å². The second-order valence-electron chi connectivity index (χ2n) is 3.05. The number of nitrogens with zero attached hydrogens (tertiary/aromatic N) is 1. The van der Waals surface area contributed by atoms with E-state index in [1.807, 2.05) is 0 Å². The number of benzene rings is 1. The van der Waals surface area contributed by atoms with Crippen molar-refractivity contribution in [3.05, 3.63) is 27.9 Å². The third kappa shape index (κ3) is 1.41. The van der Waals surface area contributed by atoms with Gasteiger partial charge < -0.3 is 0 Å². The van der Waals surface area contributed by atoms with E-state index in [0.29, 0.717) is 10.9 Å². The summed E-state index contributed by atoms with van der Waals surface area (Å²) < 4.78 is 25.9. The van der Waals surface area contributed by atoms with Gasteiger partial charge in [0.25, 0.3) is 6.43 Å². The van der Waals surface area contributed by atoms with Crippen LogP contribution in [0.1, 0.15) is 17.7 Å². The summed E-state index contributed by atoms with van der Waals surface area (Å²) in [6.45, 7) is 1.79. The predicted molar refractivity (Wildman–Crippen MR) is 53.5 cm³/mol. The van der Waals surface area contributed by atoms with Crippen LogP contribution in [0.25, 0.3) is 10.9 Å². The van der Waals surface area contributed by atoms with Gasteiger partial charge in [0, 0.05) is 9.86 Å². The fourth-order valence-corrected chi connectivity index (χ4v) is 2.06. The highest BCUT2D eigenvalue weighted by molar-refractivity contribution is 9.10. The van der Waals surface area contributed by atoms with Gasteiger partial charge >= 0.3 is 0 Å². The molecule has 2 aromatic rings. The topological polar surface area (TPSA) is 28.7 Å². The van der Waals surface area contributed by atoms with Gasteiger partial charge in [-0.25, -0.2) is 8.78 Å². The fourth-order valence-electron chi connectivity index (χ4n) is 1.50. The van der Waals surface area contributed by atoms with Crippen molar-refractivity contribution >= 4 is 26.8 Å². The molecule has 0 radical (unpaired) electrons. The molecule has 0 atom stereocenters. The molecule has 0 aliphatic rings. The molecule has 0 saturated heterocycles. The van der Waals surface area contributed by atoms with E-state index in [0.717, 1.165) is 10.0 Å². The summed E-state index contributed by atoms with van der Waals surface area (Å²) in [4.78, 5) is 0. The zero-order valence-electron chi connectivity index (χ0n) is 7.31. The molecule has 1 aromatic carbocycles. The van der Waals surface area contributed by atoms with Crippen LogP contribution in [-0.4, -0.2) is 10.2 Å². The van der Waals surface area contributed by atoms with Gasteiger partial charge in [0.2, 0.25) is 0 Å². The molecule has 2 rings (SSSR count). The molecule has 0 saturated carbocycles. The van der Waals surface area contributed by atoms with Crippen LogP contribution in [0.3, 0.4) is 0 Å². The normalized spacial score (nSPS) is 11.5. The van der Waals surface area contributed by atoms with Crippen molar-refractivity contribution < 1.29 is 8.78 Å². The zero-order chi connectivity index (χ0) is 10.3.